The van der Waals surface area contributed by atoms with Crippen molar-refractivity contribution in [2.45, 2.75) is 44.8 Å². The Hall–Kier alpha value is -1.56. The van der Waals surface area contributed by atoms with Crippen molar-refractivity contribution < 1.29 is 9.90 Å². The van der Waals surface area contributed by atoms with Crippen LogP contribution < -0.4 is 11.1 Å². The zero-order valence-corrected chi connectivity index (χ0v) is 11.3. The van der Waals surface area contributed by atoms with E-state index in [-0.39, 0.29) is 12.5 Å². The lowest BCUT2D eigenvalue weighted by Crippen LogP contribution is -2.46. The number of nitrogens with zero attached hydrogens (tertiary/aromatic N) is 2. The predicted octanol–water partition coefficient (Wildman–Crippen LogP) is 0.523. The average molecular weight is 266 g/mol. The lowest BCUT2D eigenvalue weighted by atomic mass is 9.79. The Labute approximate surface area is 113 Å². The van der Waals surface area contributed by atoms with E-state index in [2.05, 4.69) is 17.3 Å². The van der Waals surface area contributed by atoms with Crippen LogP contribution in [0.15, 0.2) is 12.3 Å². The van der Waals surface area contributed by atoms with Crippen LogP contribution in [0.1, 0.15) is 32.6 Å². The molecule has 4 N–H and O–H groups in total. The van der Waals surface area contributed by atoms with E-state index in [0.717, 1.165) is 25.7 Å². The molecule has 1 fully saturated rings. The van der Waals surface area contributed by atoms with Crippen molar-refractivity contribution in [2.24, 2.45) is 5.92 Å². The van der Waals surface area contributed by atoms with E-state index in [4.69, 9.17) is 5.73 Å². The minimum atomic E-state index is -0.754. The van der Waals surface area contributed by atoms with Gasteiger partial charge in [-0.1, -0.05) is 19.8 Å². The molecule has 1 aliphatic rings. The smallest absolute Gasteiger partial charge is 0.241 e. The largest absolute Gasteiger partial charge is 0.388 e. The van der Waals surface area contributed by atoms with Crippen molar-refractivity contribution >= 4 is 11.7 Å². The summed E-state index contributed by atoms with van der Waals surface area (Å²) in [6.45, 7) is 2.58. The maximum atomic E-state index is 11.8. The lowest BCUT2D eigenvalue weighted by molar-refractivity contribution is -0.123. The number of hydrogen-bond donors (Lipinski definition) is 3. The number of carbonyl (C=O) groups excluding carboxylic acids is 1. The fraction of sp³-hybridized carbons (Fsp3) is 0.692. The first-order valence-corrected chi connectivity index (χ1v) is 6.75. The molecule has 0 bridgehead atoms. The minimum Gasteiger partial charge on any atom is -0.388 e. The molecule has 1 aromatic rings. The molecule has 0 saturated heterocycles. The number of nitrogens with two attached hydrogens (primary N) is 1. The van der Waals surface area contributed by atoms with Crippen LogP contribution in [0.2, 0.25) is 0 Å². The number of nitrogen functional groups attached to an aromatic ring is 1. The number of hydrogen-bond acceptors (Lipinski definition) is 4. The highest BCUT2D eigenvalue weighted by Gasteiger charge is 2.32. The first-order chi connectivity index (χ1) is 8.97. The van der Waals surface area contributed by atoms with E-state index >= 15 is 0 Å². The molecule has 2 atom stereocenters. The minimum absolute atomic E-state index is 0.128. The third-order valence-corrected chi connectivity index (χ3v) is 3.65. The fourth-order valence-corrected chi connectivity index (χ4v) is 2.72. The van der Waals surface area contributed by atoms with Gasteiger partial charge in [-0.3, -0.25) is 9.48 Å². The highest BCUT2D eigenvalue weighted by Crippen LogP contribution is 2.31. The van der Waals surface area contributed by atoms with E-state index in [9.17, 15) is 9.90 Å². The molecule has 19 heavy (non-hydrogen) atoms. The molecule has 0 aromatic carbocycles. The summed E-state index contributed by atoms with van der Waals surface area (Å²) in [5, 5.41) is 17.1. The Bertz CT molecular complexity index is 446. The fourth-order valence-electron chi connectivity index (χ4n) is 2.72. The standard InChI is InChI=1S/C13H22N4O2/c1-10-3-2-5-13(19,7-10)9-15-12(18)8-17-6-4-11(14)16-17/h4,6,10,19H,2-3,5,7-9H2,1H3,(H2,14,16)(H,15,18). The van der Waals surface area contributed by atoms with E-state index in [0.29, 0.717) is 18.3 Å². The number of aromatic nitrogens is 2. The molecule has 0 spiro atoms. The molecule has 1 aliphatic carbocycles. The molecule has 1 heterocycles. The van der Waals surface area contributed by atoms with E-state index in [1.165, 1.54) is 4.68 Å². The Morgan fingerprint density at radius 1 is 1.74 bits per heavy atom. The first-order valence-electron chi connectivity index (χ1n) is 6.75. The number of rotatable bonds is 4. The average Bonchev–Trinajstić information content (AvgIpc) is 2.72. The monoisotopic (exact) mass is 266 g/mol. The Balaban J connectivity index is 1.79. The molecule has 106 valence electrons. The van der Waals surface area contributed by atoms with Gasteiger partial charge in [0, 0.05) is 12.7 Å². The molecule has 6 nitrogen and oxygen atoms in total. The second-order valence-corrected chi connectivity index (χ2v) is 5.64. The summed E-state index contributed by atoms with van der Waals surface area (Å²) in [5.41, 5.74) is 4.72. The van der Waals surface area contributed by atoms with Gasteiger partial charge in [0.1, 0.15) is 12.4 Å². The number of nitrogens with one attached hydrogen (secondary N) is 1. The highest BCUT2D eigenvalue weighted by atomic mass is 16.3. The Kier molecular flexibility index (Phi) is 4.09. The van der Waals surface area contributed by atoms with Gasteiger partial charge in [0.25, 0.3) is 0 Å². The van der Waals surface area contributed by atoms with E-state index in [1.54, 1.807) is 12.3 Å². The van der Waals surface area contributed by atoms with Crippen LogP contribution in [-0.4, -0.2) is 32.9 Å². The van der Waals surface area contributed by atoms with Gasteiger partial charge in [-0.25, -0.2) is 0 Å². The van der Waals surface area contributed by atoms with Crippen molar-refractivity contribution in [1.29, 1.82) is 0 Å². The number of anilines is 1. The van der Waals surface area contributed by atoms with Crippen LogP contribution in [0.3, 0.4) is 0 Å². The van der Waals surface area contributed by atoms with Gasteiger partial charge in [0.2, 0.25) is 5.91 Å². The van der Waals surface area contributed by atoms with Gasteiger partial charge < -0.3 is 16.2 Å². The molecule has 6 heteroatoms. The normalized spacial score (nSPS) is 27.2. The number of amides is 1. The zero-order valence-electron chi connectivity index (χ0n) is 11.3. The second kappa shape index (κ2) is 5.61. The Morgan fingerprint density at radius 2 is 2.53 bits per heavy atom. The van der Waals surface area contributed by atoms with Crippen LogP contribution in [-0.2, 0) is 11.3 Å². The quantitative estimate of drug-likeness (QED) is 0.740. The third kappa shape index (κ3) is 3.96. The molecule has 2 unspecified atom stereocenters. The topological polar surface area (TPSA) is 93.2 Å². The maximum absolute atomic E-state index is 11.8. The van der Waals surface area contributed by atoms with Gasteiger partial charge in [-0.2, -0.15) is 5.10 Å². The summed E-state index contributed by atoms with van der Waals surface area (Å²) in [6.07, 6.45) is 5.34. The summed E-state index contributed by atoms with van der Waals surface area (Å²) < 4.78 is 1.48. The molecule has 2 rings (SSSR count). The van der Waals surface area contributed by atoms with Gasteiger partial charge in [0.05, 0.1) is 5.60 Å². The molecule has 0 aliphatic heterocycles. The molecular weight excluding hydrogens is 244 g/mol. The van der Waals surface area contributed by atoms with Gasteiger partial charge in [0.15, 0.2) is 0 Å². The van der Waals surface area contributed by atoms with Crippen LogP contribution in [0, 0.1) is 5.92 Å². The summed E-state index contributed by atoms with van der Waals surface area (Å²) in [7, 11) is 0. The van der Waals surface area contributed by atoms with E-state index in [1.807, 2.05) is 0 Å². The zero-order chi connectivity index (χ0) is 13.9. The lowest BCUT2D eigenvalue weighted by Gasteiger charge is -2.35. The van der Waals surface area contributed by atoms with Crippen molar-refractivity contribution in [3.63, 3.8) is 0 Å². The van der Waals surface area contributed by atoms with Gasteiger partial charge in [-0.15, -0.1) is 0 Å². The molecule has 0 radical (unpaired) electrons. The van der Waals surface area contributed by atoms with Gasteiger partial charge in [-0.05, 0) is 24.8 Å². The van der Waals surface area contributed by atoms with Crippen LogP contribution >= 0.6 is 0 Å². The first kappa shape index (κ1) is 13.9. The maximum Gasteiger partial charge on any atom is 0.241 e. The summed E-state index contributed by atoms with van der Waals surface area (Å²) in [5.74, 6) is 0.754. The van der Waals surface area contributed by atoms with Crippen molar-refractivity contribution in [3.05, 3.63) is 12.3 Å². The van der Waals surface area contributed by atoms with E-state index < -0.39 is 5.60 Å². The SMILES string of the molecule is CC1CCCC(O)(CNC(=O)Cn2ccc(N)n2)C1. The van der Waals surface area contributed by atoms with Crippen LogP contribution in [0.4, 0.5) is 5.82 Å². The van der Waals surface area contributed by atoms with Crippen LogP contribution in [0.5, 0.6) is 0 Å². The molecule has 1 amide bonds. The number of carbonyl (C=O) groups is 1. The summed E-state index contributed by atoms with van der Waals surface area (Å²) >= 11 is 0. The number of aliphatic hydroxyl groups is 1. The van der Waals surface area contributed by atoms with Crippen molar-refractivity contribution in [1.82, 2.24) is 15.1 Å². The summed E-state index contributed by atoms with van der Waals surface area (Å²) in [6, 6.07) is 1.64. The molecule has 1 saturated carbocycles. The van der Waals surface area contributed by atoms with Crippen molar-refractivity contribution in [2.75, 3.05) is 12.3 Å². The second-order valence-electron chi connectivity index (χ2n) is 5.64. The summed E-state index contributed by atoms with van der Waals surface area (Å²) in [4.78, 5) is 11.8. The predicted molar refractivity (Wildman–Crippen MR) is 72.2 cm³/mol. The third-order valence-electron chi connectivity index (χ3n) is 3.65. The Morgan fingerprint density at radius 3 is 3.16 bits per heavy atom. The van der Waals surface area contributed by atoms with Gasteiger partial charge >= 0.3 is 0 Å². The van der Waals surface area contributed by atoms with Crippen LogP contribution in [0.25, 0.3) is 0 Å². The van der Waals surface area contributed by atoms with Crippen molar-refractivity contribution in [3.8, 4) is 0 Å². The molecule has 1 aromatic heterocycles. The molecular formula is C13H22N4O2. The highest BCUT2D eigenvalue weighted by molar-refractivity contribution is 5.75.